The van der Waals surface area contributed by atoms with Crippen LogP contribution >= 0.6 is 0 Å². The van der Waals surface area contributed by atoms with Gasteiger partial charge in [0.1, 0.15) is 0 Å². The predicted octanol–water partition coefficient (Wildman–Crippen LogP) is 4.76. The molecule has 5 nitrogen and oxygen atoms in total. The van der Waals surface area contributed by atoms with Gasteiger partial charge in [-0.15, -0.1) is 0 Å². The van der Waals surface area contributed by atoms with Gasteiger partial charge in [0.2, 0.25) is 11.7 Å². The summed E-state index contributed by atoms with van der Waals surface area (Å²) in [6, 6.07) is 15.1. The van der Waals surface area contributed by atoms with Gasteiger partial charge in [-0.3, -0.25) is 4.90 Å². The van der Waals surface area contributed by atoms with Crippen molar-refractivity contribution in [2.75, 3.05) is 19.6 Å². The molecule has 0 fully saturated rings. The highest BCUT2D eigenvalue weighted by molar-refractivity contribution is 5.54. The van der Waals surface area contributed by atoms with Crippen LogP contribution in [0.25, 0.3) is 11.4 Å². The molecule has 0 saturated heterocycles. The fourth-order valence-corrected chi connectivity index (χ4v) is 3.07. The van der Waals surface area contributed by atoms with E-state index in [2.05, 4.69) is 39.4 Å². The Labute approximate surface area is 173 Å². The van der Waals surface area contributed by atoms with E-state index in [1.807, 2.05) is 18.2 Å². The summed E-state index contributed by atoms with van der Waals surface area (Å²) in [4.78, 5) is 6.63. The first-order valence-corrected chi connectivity index (χ1v) is 9.93. The van der Waals surface area contributed by atoms with E-state index >= 15 is 0 Å². The van der Waals surface area contributed by atoms with Crippen molar-refractivity contribution in [1.82, 2.24) is 20.4 Å². The van der Waals surface area contributed by atoms with Gasteiger partial charge in [0.05, 0.1) is 12.1 Å². The summed E-state index contributed by atoms with van der Waals surface area (Å²) < 4.78 is 43.1. The fourth-order valence-electron chi connectivity index (χ4n) is 3.07. The van der Waals surface area contributed by atoms with Gasteiger partial charge in [0.25, 0.3) is 0 Å². The summed E-state index contributed by atoms with van der Waals surface area (Å²) in [5, 5.41) is 7.12. The molecule has 8 heteroatoms. The summed E-state index contributed by atoms with van der Waals surface area (Å²) in [5.74, 6) is 0.682. The summed E-state index contributed by atoms with van der Waals surface area (Å²) in [6.07, 6.45) is -3.39. The summed E-state index contributed by atoms with van der Waals surface area (Å²) in [6.45, 7) is 6.24. The largest absolute Gasteiger partial charge is 0.416 e. The Kier molecular flexibility index (Phi) is 7.59. The number of nitrogens with zero attached hydrogens (tertiary/aromatic N) is 3. The van der Waals surface area contributed by atoms with Gasteiger partial charge in [-0.2, -0.15) is 18.2 Å². The van der Waals surface area contributed by atoms with Crippen LogP contribution in [0.4, 0.5) is 13.2 Å². The second kappa shape index (κ2) is 10.4. The SMILES string of the molecule is CCN(CCCNCc1nc(-c2ccc(C(F)(F)F)cc2)no1)Cc1ccccc1. The first-order valence-electron chi connectivity index (χ1n) is 9.93. The monoisotopic (exact) mass is 418 g/mol. The van der Waals surface area contributed by atoms with Crippen molar-refractivity contribution in [3.8, 4) is 11.4 Å². The van der Waals surface area contributed by atoms with Crippen LogP contribution in [0.2, 0.25) is 0 Å². The molecule has 0 spiro atoms. The first-order chi connectivity index (χ1) is 14.5. The van der Waals surface area contributed by atoms with Gasteiger partial charge in [0.15, 0.2) is 0 Å². The van der Waals surface area contributed by atoms with Crippen LogP contribution in [0, 0.1) is 0 Å². The molecule has 0 amide bonds. The molecule has 0 radical (unpaired) electrons. The number of halogens is 3. The lowest BCUT2D eigenvalue weighted by atomic mass is 10.1. The third kappa shape index (κ3) is 6.40. The van der Waals surface area contributed by atoms with Crippen molar-refractivity contribution < 1.29 is 17.7 Å². The van der Waals surface area contributed by atoms with Crippen molar-refractivity contribution in [2.45, 2.75) is 32.6 Å². The molecule has 0 bridgehead atoms. The average molecular weight is 418 g/mol. The zero-order chi connectivity index (χ0) is 21.4. The van der Waals surface area contributed by atoms with E-state index in [1.54, 1.807) is 0 Å². The molecular formula is C22H25F3N4O. The minimum Gasteiger partial charge on any atom is -0.338 e. The predicted molar refractivity (Wildman–Crippen MR) is 108 cm³/mol. The zero-order valence-electron chi connectivity index (χ0n) is 16.8. The van der Waals surface area contributed by atoms with Crippen molar-refractivity contribution >= 4 is 0 Å². The third-order valence-electron chi connectivity index (χ3n) is 4.74. The molecule has 0 aliphatic heterocycles. The first kappa shape index (κ1) is 22.0. The molecule has 30 heavy (non-hydrogen) atoms. The van der Waals surface area contributed by atoms with Crippen LogP contribution in [-0.4, -0.2) is 34.7 Å². The quantitative estimate of drug-likeness (QED) is 0.481. The number of hydrogen-bond donors (Lipinski definition) is 1. The van der Waals surface area contributed by atoms with Gasteiger partial charge < -0.3 is 9.84 Å². The van der Waals surface area contributed by atoms with Crippen LogP contribution in [0.1, 0.15) is 30.4 Å². The van der Waals surface area contributed by atoms with E-state index in [4.69, 9.17) is 4.52 Å². The maximum atomic E-state index is 12.6. The van der Waals surface area contributed by atoms with E-state index in [1.165, 1.54) is 17.7 Å². The van der Waals surface area contributed by atoms with Gasteiger partial charge >= 0.3 is 6.18 Å². The van der Waals surface area contributed by atoms with Crippen LogP contribution < -0.4 is 5.32 Å². The molecule has 160 valence electrons. The Morgan fingerprint density at radius 2 is 1.77 bits per heavy atom. The molecule has 1 heterocycles. The lowest BCUT2D eigenvalue weighted by molar-refractivity contribution is -0.137. The number of rotatable bonds is 10. The average Bonchev–Trinajstić information content (AvgIpc) is 3.22. The van der Waals surface area contributed by atoms with Gasteiger partial charge in [-0.05, 0) is 43.8 Å². The zero-order valence-corrected chi connectivity index (χ0v) is 16.8. The summed E-state index contributed by atoms with van der Waals surface area (Å²) >= 11 is 0. The number of hydrogen-bond acceptors (Lipinski definition) is 5. The smallest absolute Gasteiger partial charge is 0.338 e. The Morgan fingerprint density at radius 3 is 2.43 bits per heavy atom. The molecule has 3 rings (SSSR count). The molecule has 2 aromatic carbocycles. The van der Waals surface area contributed by atoms with Gasteiger partial charge in [0, 0.05) is 12.1 Å². The Balaban J connectivity index is 1.41. The molecule has 0 aliphatic rings. The Hall–Kier alpha value is -2.71. The normalized spacial score (nSPS) is 11.9. The highest BCUT2D eigenvalue weighted by Crippen LogP contribution is 2.30. The van der Waals surface area contributed by atoms with E-state index in [0.717, 1.165) is 44.7 Å². The van der Waals surface area contributed by atoms with E-state index in [9.17, 15) is 13.2 Å². The van der Waals surface area contributed by atoms with Crippen LogP contribution in [0.15, 0.2) is 59.1 Å². The van der Waals surface area contributed by atoms with Crippen molar-refractivity contribution in [3.63, 3.8) is 0 Å². The van der Waals surface area contributed by atoms with Crippen molar-refractivity contribution in [3.05, 3.63) is 71.6 Å². The highest BCUT2D eigenvalue weighted by atomic mass is 19.4. The number of alkyl halides is 3. The highest BCUT2D eigenvalue weighted by Gasteiger charge is 2.30. The molecule has 1 aromatic heterocycles. The third-order valence-corrected chi connectivity index (χ3v) is 4.74. The molecular weight excluding hydrogens is 393 g/mol. The minimum atomic E-state index is -4.36. The molecule has 1 N–H and O–H groups in total. The molecule has 0 atom stereocenters. The Morgan fingerprint density at radius 1 is 1.03 bits per heavy atom. The number of benzene rings is 2. The van der Waals surface area contributed by atoms with Crippen LogP contribution in [0.3, 0.4) is 0 Å². The van der Waals surface area contributed by atoms with E-state index < -0.39 is 11.7 Å². The van der Waals surface area contributed by atoms with E-state index in [0.29, 0.717) is 18.0 Å². The molecule has 3 aromatic rings. The maximum absolute atomic E-state index is 12.6. The standard InChI is InChI=1S/C22H25F3N4O/c1-2-29(16-17-7-4-3-5-8-17)14-6-13-26-15-20-27-21(28-30-20)18-9-11-19(12-10-18)22(23,24)25/h3-5,7-12,26H,2,6,13-16H2,1H3. The summed E-state index contributed by atoms with van der Waals surface area (Å²) in [7, 11) is 0. The Bertz CT molecular complexity index is 895. The summed E-state index contributed by atoms with van der Waals surface area (Å²) in [5.41, 5.74) is 1.08. The molecule has 0 aliphatic carbocycles. The number of nitrogens with one attached hydrogen (secondary N) is 1. The minimum absolute atomic E-state index is 0.278. The second-order valence-corrected chi connectivity index (χ2v) is 6.97. The maximum Gasteiger partial charge on any atom is 0.416 e. The van der Waals surface area contributed by atoms with Gasteiger partial charge in [-0.25, -0.2) is 0 Å². The molecule has 0 unspecified atom stereocenters. The number of aromatic nitrogens is 2. The van der Waals surface area contributed by atoms with Crippen molar-refractivity contribution in [2.24, 2.45) is 0 Å². The molecule has 0 saturated carbocycles. The van der Waals surface area contributed by atoms with Gasteiger partial charge in [-0.1, -0.05) is 54.5 Å². The van der Waals surface area contributed by atoms with Crippen LogP contribution in [0.5, 0.6) is 0 Å². The van der Waals surface area contributed by atoms with E-state index in [-0.39, 0.29) is 5.82 Å². The lowest BCUT2D eigenvalue weighted by Crippen LogP contribution is -2.27. The van der Waals surface area contributed by atoms with Crippen LogP contribution in [-0.2, 0) is 19.3 Å². The second-order valence-electron chi connectivity index (χ2n) is 6.97. The topological polar surface area (TPSA) is 54.2 Å². The van der Waals surface area contributed by atoms with Crippen molar-refractivity contribution in [1.29, 1.82) is 0 Å². The fraction of sp³-hybridized carbons (Fsp3) is 0.364. The lowest BCUT2D eigenvalue weighted by Gasteiger charge is -2.20.